The second-order valence-corrected chi connectivity index (χ2v) is 5.18. The minimum atomic E-state index is 0.644. The van der Waals surface area contributed by atoms with Gasteiger partial charge in [0.2, 0.25) is 0 Å². The Balaban J connectivity index is 3.92. The molecule has 18 heavy (non-hydrogen) atoms. The first-order valence-electron chi connectivity index (χ1n) is 7.59. The summed E-state index contributed by atoms with van der Waals surface area (Å²) >= 11 is 0. The summed E-state index contributed by atoms with van der Waals surface area (Å²) < 4.78 is 5.22. The van der Waals surface area contributed by atoms with E-state index < -0.39 is 0 Å². The van der Waals surface area contributed by atoms with Crippen molar-refractivity contribution in [3.8, 4) is 0 Å². The van der Waals surface area contributed by atoms with E-state index >= 15 is 0 Å². The number of hydrogen-bond donors (Lipinski definition) is 1. The number of ether oxygens (including phenoxy) is 1. The van der Waals surface area contributed by atoms with Gasteiger partial charge in [-0.2, -0.15) is 0 Å². The Bertz CT molecular complexity index is 172. The lowest BCUT2D eigenvalue weighted by atomic mass is 10.1. The van der Waals surface area contributed by atoms with Crippen LogP contribution in [0.25, 0.3) is 0 Å². The first-order chi connectivity index (χ1) is 8.69. The van der Waals surface area contributed by atoms with Crippen LogP contribution in [0.5, 0.6) is 0 Å². The maximum Gasteiger partial charge on any atom is 0.0589 e. The number of rotatable bonds is 12. The van der Waals surface area contributed by atoms with E-state index in [-0.39, 0.29) is 0 Å². The zero-order valence-electron chi connectivity index (χ0n) is 13.2. The summed E-state index contributed by atoms with van der Waals surface area (Å²) in [6.45, 7) is 9.97. The van der Waals surface area contributed by atoms with Crippen molar-refractivity contribution < 1.29 is 4.74 Å². The SMILES string of the molecule is CCC(CC)N(CCCCC(C)NC)CCOC. The van der Waals surface area contributed by atoms with E-state index in [0.717, 1.165) is 19.2 Å². The molecule has 0 radical (unpaired) electrons. The van der Waals surface area contributed by atoms with Gasteiger partial charge >= 0.3 is 0 Å². The zero-order chi connectivity index (χ0) is 13.8. The molecule has 3 nitrogen and oxygen atoms in total. The number of nitrogens with one attached hydrogen (secondary N) is 1. The fourth-order valence-corrected chi connectivity index (χ4v) is 2.40. The van der Waals surface area contributed by atoms with Crippen LogP contribution < -0.4 is 5.32 Å². The fraction of sp³-hybridized carbons (Fsp3) is 1.00. The molecule has 0 heterocycles. The summed E-state index contributed by atoms with van der Waals surface area (Å²) in [5, 5.41) is 3.30. The number of unbranched alkanes of at least 4 members (excludes halogenated alkanes) is 1. The highest BCUT2D eigenvalue weighted by atomic mass is 16.5. The van der Waals surface area contributed by atoms with Crippen LogP contribution in [0.15, 0.2) is 0 Å². The van der Waals surface area contributed by atoms with Crippen LogP contribution >= 0.6 is 0 Å². The van der Waals surface area contributed by atoms with Gasteiger partial charge in [-0.15, -0.1) is 0 Å². The van der Waals surface area contributed by atoms with Crippen LogP contribution in [0.3, 0.4) is 0 Å². The van der Waals surface area contributed by atoms with E-state index in [9.17, 15) is 0 Å². The molecule has 0 saturated heterocycles. The first-order valence-corrected chi connectivity index (χ1v) is 7.59. The molecule has 0 aliphatic heterocycles. The van der Waals surface area contributed by atoms with Crippen LogP contribution in [-0.2, 0) is 4.74 Å². The van der Waals surface area contributed by atoms with Gasteiger partial charge in [-0.25, -0.2) is 0 Å². The van der Waals surface area contributed by atoms with Gasteiger partial charge in [-0.1, -0.05) is 20.3 Å². The Kier molecular flexibility index (Phi) is 11.9. The molecule has 0 aromatic carbocycles. The third-order valence-corrected chi connectivity index (χ3v) is 3.87. The summed E-state index contributed by atoms with van der Waals surface area (Å²) in [5.41, 5.74) is 0. The van der Waals surface area contributed by atoms with Crippen LogP contribution in [-0.4, -0.2) is 50.8 Å². The molecular weight excluding hydrogens is 224 g/mol. The lowest BCUT2D eigenvalue weighted by Crippen LogP contribution is -2.37. The van der Waals surface area contributed by atoms with Gasteiger partial charge < -0.3 is 10.1 Å². The minimum absolute atomic E-state index is 0.644. The van der Waals surface area contributed by atoms with E-state index in [4.69, 9.17) is 4.74 Å². The van der Waals surface area contributed by atoms with Crippen molar-refractivity contribution in [2.24, 2.45) is 0 Å². The maximum atomic E-state index is 5.22. The highest BCUT2D eigenvalue weighted by molar-refractivity contribution is 4.69. The molecule has 0 aromatic rings. The first kappa shape index (κ1) is 17.9. The summed E-state index contributed by atoms with van der Waals surface area (Å²) in [6.07, 6.45) is 6.37. The summed E-state index contributed by atoms with van der Waals surface area (Å²) in [6, 6.07) is 1.37. The molecule has 1 atom stereocenters. The molecule has 3 heteroatoms. The van der Waals surface area contributed by atoms with Gasteiger partial charge in [-0.05, 0) is 46.2 Å². The fourth-order valence-electron chi connectivity index (χ4n) is 2.40. The van der Waals surface area contributed by atoms with E-state index in [0.29, 0.717) is 6.04 Å². The molecule has 0 aliphatic carbocycles. The van der Waals surface area contributed by atoms with Crippen molar-refractivity contribution in [3.63, 3.8) is 0 Å². The molecule has 0 saturated carbocycles. The van der Waals surface area contributed by atoms with Gasteiger partial charge in [0.05, 0.1) is 6.61 Å². The van der Waals surface area contributed by atoms with E-state index in [1.54, 1.807) is 7.11 Å². The molecule has 110 valence electrons. The van der Waals surface area contributed by atoms with Crippen molar-refractivity contribution in [1.82, 2.24) is 10.2 Å². The molecule has 0 aromatic heterocycles. The number of methoxy groups -OCH3 is 1. The monoisotopic (exact) mass is 258 g/mol. The molecule has 1 unspecified atom stereocenters. The average molecular weight is 258 g/mol. The topological polar surface area (TPSA) is 24.5 Å². The van der Waals surface area contributed by atoms with Crippen molar-refractivity contribution in [2.75, 3.05) is 33.9 Å². The normalized spacial score (nSPS) is 13.5. The second kappa shape index (κ2) is 11.9. The van der Waals surface area contributed by atoms with Crippen molar-refractivity contribution in [2.45, 2.75) is 65.0 Å². The van der Waals surface area contributed by atoms with Gasteiger partial charge in [0.1, 0.15) is 0 Å². The van der Waals surface area contributed by atoms with Gasteiger partial charge in [0, 0.05) is 25.7 Å². The standard InChI is InChI=1S/C15H34N2O/c1-6-15(7-2)17(12-13-18-5)11-9-8-10-14(3)16-4/h14-16H,6-13H2,1-5H3. The molecule has 0 fully saturated rings. The largest absolute Gasteiger partial charge is 0.383 e. The van der Waals surface area contributed by atoms with Crippen LogP contribution in [0, 0.1) is 0 Å². The van der Waals surface area contributed by atoms with Crippen LogP contribution in [0.2, 0.25) is 0 Å². The van der Waals surface area contributed by atoms with Gasteiger partial charge in [-0.3, -0.25) is 4.90 Å². The zero-order valence-corrected chi connectivity index (χ0v) is 13.2. The Morgan fingerprint density at radius 2 is 1.78 bits per heavy atom. The predicted octanol–water partition coefficient (Wildman–Crippen LogP) is 2.90. The van der Waals surface area contributed by atoms with Gasteiger partial charge in [0.15, 0.2) is 0 Å². The minimum Gasteiger partial charge on any atom is -0.383 e. The van der Waals surface area contributed by atoms with Gasteiger partial charge in [0.25, 0.3) is 0 Å². The summed E-state index contributed by atoms with van der Waals surface area (Å²) in [5.74, 6) is 0. The predicted molar refractivity (Wildman–Crippen MR) is 80.2 cm³/mol. The van der Waals surface area contributed by atoms with Crippen LogP contribution in [0.4, 0.5) is 0 Å². The Morgan fingerprint density at radius 1 is 1.11 bits per heavy atom. The van der Waals surface area contributed by atoms with E-state index in [1.165, 1.54) is 38.6 Å². The molecule has 0 rings (SSSR count). The molecule has 0 aliphatic rings. The third-order valence-electron chi connectivity index (χ3n) is 3.87. The van der Waals surface area contributed by atoms with E-state index in [2.05, 4.69) is 31.0 Å². The maximum absolute atomic E-state index is 5.22. The van der Waals surface area contributed by atoms with Crippen LogP contribution in [0.1, 0.15) is 52.9 Å². The van der Waals surface area contributed by atoms with E-state index in [1.807, 2.05) is 7.05 Å². The summed E-state index contributed by atoms with van der Waals surface area (Å²) in [7, 11) is 3.83. The Hall–Kier alpha value is -0.120. The Labute approximate surface area is 114 Å². The molecule has 0 amide bonds. The smallest absolute Gasteiger partial charge is 0.0589 e. The molecule has 1 N–H and O–H groups in total. The number of hydrogen-bond acceptors (Lipinski definition) is 3. The third kappa shape index (κ3) is 8.06. The lowest BCUT2D eigenvalue weighted by molar-refractivity contribution is 0.113. The lowest BCUT2D eigenvalue weighted by Gasteiger charge is -2.30. The number of nitrogens with zero attached hydrogens (tertiary/aromatic N) is 1. The molecular formula is C15H34N2O. The molecule has 0 spiro atoms. The van der Waals surface area contributed by atoms with Crippen molar-refractivity contribution in [3.05, 3.63) is 0 Å². The average Bonchev–Trinajstić information content (AvgIpc) is 2.40. The quantitative estimate of drug-likeness (QED) is 0.545. The Morgan fingerprint density at radius 3 is 2.28 bits per heavy atom. The second-order valence-electron chi connectivity index (χ2n) is 5.18. The highest BCUT2D eigenvalue weighted by Gasteiger charge is 2.14. The van der Waals surface area contributed by atoms with Crippen molar-refractivity contribution in [1.29, 1.82) is 0 Å². The molecule has 0 bridgehead atoms. The summed E-state index contributed by atoms with van der Waals surface area (Å²) in [4.78, 5) is 2.60. The highest BCUT2D eigenvalue weighted by Crippen LogP contribution is 2.11. The van der Waals surface area contributed by atoms with Crippen molar-refractivity contribution >= 4 is 0 Å².